The Morgan fingerprint density at radius 1 is 1.53 bits per heavy atom. The van der Waals surface area contributed by atoms with E-state index < -0.39 is 0 Å². The van der Waals surface area contributed by atoms with Gasteiger partial charge in [-0.3, -0.25) is 5.41 Å². The van der Waals surface area contributed by atoms with E-state index in [4.69, 9.17) is 15.9 Å². The second kappa shape index (κ2) is 6.02. The zero-order valence-corrected chi connectivity index (χ0v) is 11.2. The molecule has 4 nitrogen and oxygen atoms in total. The van der Waals surface area contributed by atoms with Gasteiger partial charge in [0.05, 0.1) is 6.61 Å². The lowest BCUT2D eigenvalue weighted by Crippen LogP contribution is -2.26. The number of hydrogen-bond acceptors (Lipinski definition) is 3. The number of benzene rings is 1. The van der Waals surface area contributed by atoms with Crippen molar-refractivity contribution in [1.82, 2.24) is 0 Å². The zero-order valence-electron chi connectivity index (χ0n) is 11.2. The zero-order chi connectivity index (χ0) is 13.8. The first-order valence-corrected chi connectivity index (χ1v) is 6.50. The lowest BCUT2D eigenvalue weighted by atomic mass is 10.1. The monoisotopic (exact) mass is 265 g/mol. The maximum atomic E-state index is 13.2. The summed E-state index contributed by atoms with van der Waals surface area (Å²) in [5, 5.41) is 7.50. The minimum atomic E-state index is -0.382. The molecule has 1 saturated carbocycles. The van der Waals surface area contributed by atoms with E-state index in [-0.39, 0.29) is 11.7 Å². The van der Waals surface area contributed by atoms with Crippen LogP contribution in [0.5, 0.6) is 0 Å². The van der Waals surface area contributed by atoms with Gasteiger partial charge < -0.3 is 15.4 Å². The molecule has 1 aliphatic rings. The molecule has 0 aliphatic heterocycles. The number of rotatable bonds is 7. The molecule has 0 aromatic heterocycles. The normalized spacial score (nSPS) is 14.4. The van der Waals surface area contributed by atoms with Crippen molar-refractivity contribution < 1.29 is 9.13 Å². The Morgan fingerprint density at radius 2 is 2.26 bits per heavy atom. The number of nitrogens with one attached hydrogen (secondary N) is 1. The highest BCUT2D eigenvalue weighted by atomic mass is 19.1. The van der Waals surface area contributed by atoms with Gasteiger partial charge in [-0.15, -0.1) is 0 Å². The minimum Gasteiger partial charge on any atom is -0.384 e. The van der Waals surface area contributed by atoms with Crippen molar-refractivity contribution in [2.45, 2.75) is 12.8 Å². The first-order valence-electron chi connectivity index (χ1n) is 6.50. The summed E-state index contributed by atoms with van der Waals surface area (Å²) in [5.41, 5.74) is 6.66. The molecule has 1 aromatic rings. The molecule has 2 rings (SSSR count). The maximum Gasteiger partial charge on any atom is 0.125 e. The highest BCUT2D eigenvalue weighted by molar-refractivity contribution is 6.00. The molecule has 0 radical (unpaired) electrons. The van der Waals surface area contributed by atoms with E-state index in [1.807, 2.05) is 11.9 Å². The topological polar surface area (TPSA) is 62.3 Å². The third-order valence-electron chi connectivity index (χ3n) is 3.28. The van der Waals surface area contributed by atoms with Crippen molar-refractivity contribution in [3.05, 3.63) is 29.6 Å². The SMILES string of the molecule is CN(CCOCC1CC1)c1ccc(F)cc1C(=N)N. The molecule has 0 heterocycles. The van der Waals surface area contributed by atoms with Crippen molar-refractivity contribution in [3.8, 4) is 0 Å². The van der Waals surface area contributed by atoms with Gasteiger partial charge in [0.25, 0.3) is 0 Å². The first-order chi connectivity index (χ1) is 9.08. The predicted octanol–water partition coefficient (Wildman–Crippen LogP) is 1.97. The fourth-order valence-electron chi connectivity index (χ4n) is 1.91. The van der Waals surface area contributed by atoms with E-state index >= 15 is 0 Å². The van der Waals surface area contributed by atoms with E-state index in [0.29, 0.717) is 18.7 Å². The Morgan fingerprint density at radius 3 is 2.89 bits per heavy atom. The van der Waals surface area contributed by atoms with Crippen LogP contribution in [0.25, 0.3) is 0 Å². The van der Waals surface area contributed by atoms with E-state index in [0.717, 1.165) is 18.2 Å². The summed E-state index contributed by atoms with van der Waals surface area (Å²) >= 11 is 0. The van der Waals surface area contributed by atoms with Gasteiger partial charge in [0.1, 0.15) is 11.7 Å². The Labute approximate surface area is 112 Å². The summed E-state index contributed by atoms with van der Waals surface area (Å²) in [7, 11) is 1.89. The number of nitrogens with zero attached hydrogens (tertiary/aromatic N) is 1. The molecule has 0 amide bonds. The lowest BCUT2D eigenvalue weighted by molar-refractivity contribution is 0.131. The first kappa shape index (κ1) is 13.8. The van der Waals surface area contributed by atoms with Gasteiger partial charge >= 0.3 is 0 Å². The minimum absolute atomic E-state index is 0.125. The maximum absolute atomic E-state index is 13.2. The van der Waals surface area contributed by atoms with Crippen LogP contribution >= 0.6 is 0 Å². The van der Waals surface area contributed by atoms with Crippen LogP contribution in [-0.2, 0) is 4.74 Å². The van der Waals surface area contributed by atoms with Crippen LogP contribution in [0.2, 0.25) is 0 Å². The van der Waals surface area contributed by atoms with Gasteiger partial charge in [0.2, 0.25) is 0 Å². The number of nitrogen functional groups attached to an aromatic ring is 1. The highest BCUT2D eigenvalue weighted by Crippen LogP contribution is 2.28. The van der Waals surface area contributed by atoms with Crippen LogP contribution in [0, 0.1) is 17.1 Å². The number of hydrogen-bond donors (Lipinski definition) is 2. The Hall–Kier alpha value is -1.62. The molecular weight excluding hydrogens is 245 g/mol. The lowest BCUT2D eigenvalue weighted by Gasteiger charge is -2.22. The van der Waals surface area contributed by atoms with Crippen LogP contribution in [0.1, 0.15) is 18.4 Å². The molecule has 1 fully saturated rings. The largest absolute Gasteiger partial charge is 0.384 e. The Kier molecular flexibility index (Phi) is 4.37. The van der Waals surface area contributed by atoms with Crippen molar-refractivity contribution in [2.75, 3.05) is 31.7 Å². The molecule has 19 heavy (non-hydrogen) atoms. The van der Waals surface area contributed by atoms with Gasteiger partial charge in [-0.25, -0.2) is 4.39 Å². The molecule has 0 spiro atoms. The van der Waals surface area contributed by atoms with Gasteiger partial charge in [0.15, 0.2) is 0 Å². The molecule has 1 aliphatic carbocycles. The highest BCUT2D eigenvalue weighted by Gasteiger charge is 2.21. The molecule has 0 atom stereocenters. The third kappa shape index (κ3) is 3.92. The second-order valence-electron chi connectivity index (χ2n) is 5.01. The molecule has 1 aromatic carbocycles. The van der Waals surface area contributed by atoms with Crippen LogP contribution in [-0.4, -0.2) is 32.6 Å². The summed E-state index contributed by atoms with van der Waals surface area (Å²) in [6.45, 7) is 2.15. The van der Waals surface area contributed by atoms with E-state index in [9.17, 15) is 4.39 Å². The number of ether oxygens (including phenoxy) is 1. The molecule has 104 valence electrons. The average Bonchev–Trinajstić information content (AvgIpc) is 3.18. The summed E-state index contributed by atoms with van der Waals surface area (Å²) in [4.78, 5) is 1.93. The van der Waals surface area contributed by atoms with E-state index in [1.54, 1.807) is 6.07 Å². The Bertz CT molecular complexity index is 460. The van der Waals surface area contributed by atoms with Crippen LogP contribution < -0.4 is 10.6 Å². The van der Waals surface area contributed by atoms with Crippen LogP contribution in [0.4, 0.5) is 10.1 Å². The Balaban J connectivity index is 1.92. The molecular formula is C14H20FN3O. The molecule has 0 saturated heterocycles. The molecule has 3 N–H and O–H groups in total. The van der Waals surface area contributed by atoms with Gasteiger partial charge in [-0.05, 0) is 37.0 Å². The summed E-state index contributed by atoms with van der Waals surface area (Å²) < 4.78 is 18.8. The average molecular weight is 265 g/mol. The van der Waals surface area contributed by atoms with Gasteiger partial charge in [-0.1, -0.05) is 0 Å². The van der Waals surface area contributed by atoms with E-state index in [2.05, 4.69) is 0 Å². The quantitative estimate of drug-likeness (QED) is 0.450. The summed E-state index contributed by atoms with van der Waals surface area (Å²) in [6.07, 6.45) is 2.56. The van der Waals surface area contributed by atoms with Gasteiger partial charge in [0, 0.05) is 31.5 Å². The van der Waals surface area contributed by atoms with Crippen LogP contribution in [0.15, 0.2) is 18.2 Å². The molecule has 0 bridgehead atoms. The summed E-state index contributed by atoms with van der Waals surface area (Å²) in [6, 6.07) is 4.31. The van der Waals surface area contributed by atoms with Crippen molar-refractivity contribution in [3.63, 3.8) is 0 Å². The van der Waals surface area contributed by atoms with Crippen molar-refractivity contribution >= 4 is 11.5 Å². The van der Waals surface area contributed by atoms with Crippen LogP contribution in [0.3, 0.4) is 0 Å². The molecule has 0 unspecified atom stereocenters. The number of anilines is 1. The van der Waals surface area contributed by atoms with E-state index in [1.165, 1.54) is 25.0 Å². The fourth-order valence-corrected chi connectivity index (χ4v) is 1.91. The molecule has 5 heteroatoms. The second-order valence-corrected chi connectivity index (χ2v) is 5.01. The number of amidine groups is 1. The third-order valence-corrected chi connectivity index (χ3v) is 3.28. The summed E-state index contributed by atoms with van der Waals surface area (Å²) in [5.74, 6) is 0.247. The van der Waals surface area contributed by atoms with Crippen molar-refractivity contribution in [2.24, 2.45) is 11.7 Å². The standard InChI is InChI=1S/C14H20FN3O/c1-18(6-7-19-9-10-2-3-10)13-5-4-11(15)8-12(13)14(16)17/h4-5,8,10H,2-3,6-7,9H2,1H3,(H3,16,17). The fraction of sp³-hybridized carbons (Fsp3) is 0.500. The number of likely N-dealkylation sites (N-methyl/N-ethyl adjacent to an activating group) is 1. The number of nitrogens with two attached hydrogens (primary N) is 1. The smallest absolute Gasteiger partial charge is 0.125 e. The van der Waals surface area contributed by atoms with Gasteiger partial charge in [-0.2, -0.15) is 0 Å². The number of halogens is 1. The van der Waals surface area contributed by atoms with Crippen molar-refractivity contribution in [1.29, 1.82) is 5.41 Å². The predicted molar refractivity (Wildman–Crippen MR) is 74.2 cm³/mol.